The van der Waals surface area contributed by atoms with E-state index < -0.39 is 0 Å². The highest BCUT2D eigenvalue weighted by atomic mass is 16.5. The number of hydrogen-bond donors (Lipinski definition) is 2. The van der Waals surface area contributed by atoms with Gasteiger partial charge in [-0.3, -0.25) is 0 Å². The van der Waals surface area contributed by atoms with E-state index in [1.54, 1.807) is 13.3 Å². The zero-order valence-electron chi connectivity index (χ0n) is 12.6. The molecule has 21 heavy (non-hydrogen) atoms. The molecule has 2 aromatic rings. The monoisotopic (exact) mass is 287 g/mol. The third kappa shape index (κ3) is 4.39. The molecule has 6 nitrogen and oxygen atoms in total. The highest BCUT2D eigenvalue weighted by Crippen LogP contribution is 2.25. The minimum atomic E-state index is 0.421. The molecule has 0 atom stereocenters. The summed E-state index contributed by atoms with van der Waals surface area (Å²) in [4.78, 5) is 4.39. The zero-order valence-corrected chi connectivity index (χ0v) is 12.6. The summed E-state index contributed by atoms with van der Waals surface area (Å²) < 4.78 is 4.99. The van der Waals surface area contributed by atoms with Gasteiger partial charge in [-0.25, -0.2) is 0 Å². The first-order valence-corrected chi connectivity index (χ1v) is 6.99. The van der Waals surface area contributed by atoms with Crippen molar-refractivity contribution in [2.45, 2.75) is 19.8 Å². The predicted molar refractivity (Wildman–Crippen MR) is 84.0 cm³/mol. The van der Waals surface area contributed by atoms with Crippen LogP contribution in [-0.4, -0.2) is 35.4 Å². The lowest BCUT2D eigenvalue weighted by Crippen LogP contribution is -2.10. The zero-order chi connectivity index (χ0) is 15.1. The molecule has 2 N–H and O–H groups in total. The Bertz CT molecular complexity index is 573. The summed E-state index contributed by atoms with van der Waals surface area (Å²) in [6.07, 6.45) is 1.59. The second kappa shape index (κ2) is 7.54. The van der Waals surface area contributed by atoms with Crippen LogP contribution in [0, 0.1) is 0 Å². The summed E-state index contributed by atoms with van der Waals surface area (Å²) in [7, 11) is 1.66. The van der Waals surface area contributed by atoms with Crippen molar-refractivity contribution in [3.63, 3.8) is 0 Å². The van der Waals surface area contributed by atoms with E-state index in [0.29, 0.717) is 30.8 Å². The van der Waals surface area contributed by atoms with Crippen LogP contribution in [0.25, 0.3) is 0 Å². The highest BCUT2D eigenvalue weighted by molar-refractivity contribution is 5.59. The van der Waals surface area contributed by atoms with Crippen molar-refractivity contribution in [2.75, 3.05) is 30.9 Å². The molecule has 0 bridgehead atoms. The van der Waals surface area contributed by atoms with Gasteiger partial charge in [-0.2, -0.15) is 10.1 Å². The van der Waals surface area contributed by atoms with Crippen molar-refractivity contribution in [2.24, 2.45) is 0 Å². The van der Waals surface area contributed by atoms with Crippen molar-refractivity contribution < 1.29 is 4.74 Å². The van der Waals surface area contributed by atoms with E-state index in [9.17, 15) is 0 Å². The Morgan fingerprint density at radius 2 is 2.05 bits per heavy atom. The first kappa shape index (κ1) is 15.2. The van der Waals surface area contributed by atoms with Gasteiger partial charge >= 0.3 is 0 Å². The van der Waals surface area contributed by atoms with Gasteiger partial charge in [0.25, 0.3) is 0 Å². The number of anilines is 3. The van der Waals surface area contributed by atoms with Gasteiger partial charge in [0, 0.05) is 19.3 Å². The second-order valence-corrected chi connectivity index (χ2v) is 4.95. The Morgan fingerprint density at radius 1 is 1.24 bits per heavy atom. The van der Waals surface area contributed by atoms with E-state index in [-0.39, 0.29) is 0 Å². The lowest BCUT2D eigenvalue weighted by Gasteiger charge is -2.13. The Morgan fingerprint density at radius 3 is 2.81 bits per heavy atom. The van der Waals surface area contributed by atoms with Gasteiger partial charge in [-0.05, 0) is 17.5 Å². The van der Waals surface area contributed by atoms with Crippen molar-refractivity contribution in [1.82, 2.24) is 15.2 Å². The van der Waals surface area contributed by atoms with Gasteiger partial charge < -0.3 is 15.4 Å². The van der Waals surface area contributed by atoms with E-state index in [2.05, 4.69) is 45.7 Å². The van der Waals surface area contributed by atoms with E-state index in [0.717, 1.165) is 5.69 Å². The number of para-hydroxylation sites is 1. The Labute approximate surface area is 125 Å². The van der Waals surface area contributed by atoms with Crippen molar-refractivity contribution in [3.05, 3.63) is 36.0 Å². The van der Waals surface area contributed by atoms with Crippen molar-refractivity contribution in [1.29, 1.82) is 0 Å². The van der Waals surface area contributed by atoms with Crippen LogP contribution < -0.4 is 10.6 Å². The molecular formula is C15H21N5O. The normalized spacial score (nSPS) is 10.7. The van der Waals surface area contributed by atoms with Crippen LogP contribution >= 0.6 is 0 Å². The minimum absolute atomic E-state index is 0.421. The molecule has 0 saturated carbocycles. The predicted octanol–water partition coefficient (Wildman–Crippen LogP) is 2.80. The quantitative estimate of drug-likeness (QED) is 0.763. The average molecular weight is 287 g/mol. The number of hydrogen-bond acceptors (Lipinski definition) is 6. The molecule has 6 heteroatoms. The molecule has 2 rings (SSSR count). The van der Waals surface area contributed by atoms with E-state index in [1.807, 2.05) is 18.2 Å². The van der Waals surface area contributed by atoms with E-state index >= 15 is 0 Å². The largest absolute Gasteiger partial charge is 0.383 e. The maximum Gasteiger partial charge on any atom is 0.249 e. The van der Waals surface area contributed by atoms with Gasteiger partial charge in [0.2, 0.25) is 5.95 Å². The van der Waals surface area contributed by atoms with Gasteiger partial charge in [0.1, 0.15) is 0 Å². The molecule has 0 spiro atoms. The summed E-state index contributed by atoms with van der Waals surface area (Å²) >= 11 is 0. The number of aromatic nitrogens is 3. The van der Waals surface area contributed by atoms with Gasteiger partial charge in [0.05, 0.1) is 12.8 Å². The molecule has 1 heterocycles. The van der Waals surface area contributed by atoms with Crippen LogP contribution in [-0.2, 0) is 4.74 Å². The molecule has 0 radical (unpaired) electrons. The van der Waals surface area contributed by atoms with Gasteiger partial charge in [-0.15, -0.1) is 5.10 Å². The van der Waals surface area contributed by atoms with Crippen LogP contribution in [0.1, 0.15) is 25.3 Å². The fourth-order valence-electron chi connectivity index (χ4n) is 1.96. The summed E-state index contributed by atoms with van der Waals surface area (Å²) in [5.41, 5.74) is 2.22. The van der Waals surface area contributed by atoms with Crippen molar-refractivity contribution >= 4 is 17.5 Å². The minimum Gasteiger partial charge on any atom is -0.383 e. The standard InChI is InChI=1S/C15H21N5O/c1-11(2)12-6-4-5-7-13(12)18-15-19-14(10-17-20-15)16-8-9-21-3/h4-7,10-11H,8-9H2,1-3H3,(H2,16,18,19,20). The second-order valence-electron chi connectivity index (χ2n) is 4.95. The average Bonchev–Trinajstić information content (AvgIpc) is 2.48. The van der Waals surface area contributed by atoms with Crippen LogP contribution in [0.3, 0.4) is 0 Å². The fourth-order valence-corrected chi connectivity index (χ4v) is 1.96. The first-order chi connectivity index (χ1) is 10.2. The highest BCUT2D eigenvalue weighted by Gasteiger charge is 2.07. The van der Waals surface area contributed by atoms with E-state index in [4.69, 9.17) is 4.74 Å². The number of methoxy groups -OCH3 is 1. The summed E-state index contributed by atoms with van der Waals surface area (Å²) in [5.74, 6) is 1.57. The number of ether oxygens (including phenoxy) is 1. The SMILES string of the molecule is COCCNc1cnnc(Nc2ccccc2C(C)C)n1. The number of benzene rings is 1. The molecule has 112 valence electrons. The molecule has 1 aromatic heterocycles. The summed E-state index contributed by atoms with van der Waals surface area (Å²) in [5, 5.41) is 14.3. The van der Waals surface area contributed by atoms with Crippen LogP contribution in [0.4, 0.5) is 17.5 Å². The van der Waals surface area contributed by atoms with Crippen molar-refractivity contribution in [3.8, 4) is 0 Å². The molecule has 0 aliphatic carbocycles. The Balaban J connectivity index is 2.11. The molecular weight excluding hydrogens is 266 g/mol. The summed E-state index contributed by atoms with van der Waals surface area (Å²) in [6.45, 7) is 5.60. The van der Waals surface area contributed by atoms with E-state index in [1.165, 1.54) is 5.56 Å². The number of nitrogens with one attached hydrogen (secondary N) is 2. The molecule has 0 unspecified atom stereocenters. The number of nitrogens with zero attached hydrogens (tertiary/aromatic N) is 3. The van der Waals surface area contributed by atoms with Crippen LogP contribution in [0.2, 0.25) is 0 Å². The third-order valence-corrected chi connectivity index (χ3v) is 3.00. The smallest absolute Gasteiger partial charge is 0.249 e. The molecule has 0 amide bonds. The molecule has 0 aliphatic rings. The topological polar surface area (TPSA) is 72.0 Å². The maximum atomic E-state index is 4.99. The molecule has 0 saturated heterocycles. The Kier molecular flexibility index (Phi) is 5.45. The summed E-state index contributed by atoms with van der Waals surface area (Å²) in [6, 6.07) is 8.13. The fraction of sp³-hybridized carbons (Fsp3) is 0.400. The maximum absolute atomic E-state index is 4.99. The molecule has 1 aromatic carbocycles. The third-order valence-electron chi connectivity index (χ3n) is 3.00. The van der Waals surface area contributed by atoms with Crippen LogP contribution in [0.15, 0.2) is 30.5 Å². The Hall–Kier alpha value is -2.21. The lowest BCUT2D eigenvalue weighted by molar-refractivity contribution is 0.210. The van der Waals surface area contributed by atoms with Gasteiger partial charge in [-0.1, -0.05) is 32.0 Å². The lowest BCUT2D eigenvalue weighted by atomic mass is 10.0. The number of rotatable bonds is 7. The first-order valence-electron chi connectivity index (χ1n) is 6.99. The van der Waals surface area contributed by atoms with Gasteiger partial charge in [0.15, 0.2) is 5.82 Å². The van der Waals surface area contributed by atoms with Crippen LogP contribution in [0.5, 0.6) is 0 Å². The molecule has 0 aliphatic heterocycles. The molecule has 0 fully saturated rings.